The van der Waals surface area contributed by atoms with Gasteiger partial charge < -0.3 is 29.5 Å². The lowest BCUT2D eigenvalue weighted by Gasteiger charge is -2.12. The summed E-state index contributed by atoms with van der Waals surface area (Å²) in [6.07, 6.45) is 0. The smallest absolute Gasteiger partial charge is 0.346 e. The molecule has 2 aromatic carbocycles. The highest BCUT2D eigenvalue weighted by Crippen LogP contribution is 2.28. The van der Waals surface area contributed by atoms with Gasteiger partial charge in [0.1, 0.15) is 17.1 Å². The minimum absolute atomic E-state index is 0.0987. The van der Waals surface area contributed by atoms with Gasteiger partial charge in [0, 0.05) is 5.69 Å². The molecular weight excluding hydrogens is 354 g/mol. The number of amides is 1. The molecule has 0 aliphatic heterocycles. The van der Waals surface area contributed by atoms with Gasteiger partial charge in [-0.15, -0.1) is 0 Å². The predicted molar refractivity (Wildman–Crippen MR) is 97.4 cm³/mol. The highest BCUT2D eigenvalue weighted by atomic mass is 16.5. The van der Waals surface area contributed by atoms with E-state index < -0.39 is 18.5 Å². The molecule has 0 aliphatic rings. The lowest BCUT2D eigenvalue weighted by atomic mass is 10.2. The Morgan fingerprint density at radius 2 is 1.67 bits per heavy atom. The van der Waals surface area contributed by atoms with Gasteiger partial charge in [-0.2, -0.15) is 0 Å². The molecule has 140 valence electrons. The quantitative estimate of drug-likeness (QED) is 0.567. The number of imidazole rings is 1. The number of rotatable bonds is 6. The average Bonchev–Trinajstić information content (AvgIpc) is 3.04. The minimum Gasteiger partial charge on any atom is -0.496 e. The molecule has 0 saturated carbocycles. The van der Waals surface area contributed by atoms with E-state index in [4.69, 9.17) is 14.2 Å². The van der Waals surface area contributed by atoms with E-state index in [1.54, 1.807) is 36.4 Å². The van der Waals surface area contributed by atoms with Crippen molar-refractivity contribution in [3.05, 3.63) is 52.4 Å². The SMILES string of the molecule is COc1cccc(OC)c1C(=O)OCC(=O)Nc1ccc2[nH]c(=O)[nH]c2c1. The Morgan fingerprint density at radius 3 is 2.33 bits per heavy atom. The molecule has 27 heavy (non-hydrogen) atoms. The fourth-order valence-electron chi connectivity index (χ4n) is 2.56. The first kappa shape index (κ1) is 18.1. The first-order valence-electron chi connectivity index (χ1n) is 7.92. The van der Waals surface area contributed by atoms with Crippen LogP contribution in [-0.4, -0.2) is 42.7 Å². The maximum Gasteiger partial charge on any atom is 0.346 e. The molecule has 0 unspecified atom stereocenters. The van der Waals surface area contributed by atoms with Crippen molar-refractivity contribution in [1.29, 1.82) is 0 Å². The standard InChI is InChI=1S/C18H17N3O6/c1-25-13-4-3-5-14(26-2)16(13)17(23)27-9-15(22)19-10-6-7-11-12(8-10)21-18(24)20-11/h3-8H,9H2,1-2H3,(H,19,22)(H2,20,21,24). The van der Waals surface area contributed by atoms with E-state index in [-0.39, 0.29) is 22.8 Å². The topological polar surface area (TPSA) is 123 Å². The number of H-pyrrole nitrogens is 2. The van der Waals surface area contributed by atoms with Gasteiger partial charge in [0.05, 0.1) is 25.3 Å². The van der Waals surface area contributed by atoms with Crippen LogP contribution >= 0.6 is 0 Å². The lowest BCUT2D eigenvalue weighted by molar-refractivity contribution is -0.119. The molecule has 3 rings (SSSR count). The largest absolute Gasteiger partial charge is 0.496 e. The van der Waals surface area contributed by atoms with Crippen LogP contribution in [-0.2, 0) is 9.53 Å². The Hall–Kier alpha value is -3.75. The van der Waals surface area contributed by atoms with Crippen LogP contribution in [0.1, 0.15) is 10.4 Å². The van der Waals surface area contributed by atoms with Crippen molar-refractivity contribution in [2.75, 3.05) is 26.1 Å². The number of aromatic amines is 2. The second-order valence-corrected chi connectivity index (χ2v) is 5.50. The maximum absolute atomic E-state index is 12.3. The van der Waals surface area contributed by atoms with Crippen LogP contribution < -0.4 is 20.5 Å². The molecule has 0 fully saturated rings. The number of carbonyl (C=O) groups excluding carboxylic acids is 2. The van der Waals surface area contributed by atoms with E-state index in [9.17, 15) is 14.4 Å². The molecule has 0 saturated heterocycles. The zero-order valence-corrected chi connectivity index (χ0v) is 14.6. The number of hydrogen-bond acceptors (Lipinski definition) is 6. The van der Waals surface area contributed by atoms with Gasteiger partial charge in [0.25, 0.3) is 5.91 Å². The van der Waals surface area contributed by atoms with Crippen LogP contribution in [0.4, 0.5) is 5.69 Å². The summed E-state index contributed by atoms with van der Waals surface area (Å²) >= 11 is 0. The van der Waals surface area contributed by atoms with Gasteiger partial charge in [-0.05, 0) is 30.3 Å². The van der Waals surface area contributed by atoms with Crippen molar-refractivity contribution >= 4 is 28.6 Å². The van der Waals surface area contributed by atoms with Crippen LogP contribution in [0.15, 0.2) is 41.2 Å². The summed E-state index contributed by atoms with van der Waals surface area (Å²) in [6, 6.07) is 9.71. The molecule has 3 N–H and O–H groups in total. The summed E-state index contributed by atoms with van der Waals surface area (Å²) in [6.45, 7) is -0.498. The van der Waals surface area contributed by atoms with Crippen LogP contribution in [0.25, 0.3) is 11.0 Å². The molecule has 9 heteroatoms. The summed E-state index contributed by atoms with van der Waals surface area (Å²) in [5.74, 6) is -0.720. The number of benzene rings is 2. The molecule has 0 atom stereocenters. The molecule has 9 nitrogen and oxygen atoms in total. The third kappa shape index (κ3) is 3.92. The second-order valence-electron chi connectivity index (χ2n) is 5.50. The van der Waals surface area contributed by atoms with Crippen LogP contribution in [0.5, 0.6) is 11.5 Å². The fraction of sp³-hybridized carbons (Fsp3) is 0.167. The van der Waals surface area contributed by atoms with Gasteiger partial charge in [-0.1, -0.05) is 6.07 Å². The van der Waals surface area contributed by atoms with E-state index in [0.717, 1.165) is 0 Å². The van der Waals surface area contributed by atoms with Crippen LogP contribution in [0.2, 0.25) is 0 Å². The van der Waals surface area contributed by atoms with Crippen LogP contribution in [0.3, 0.4) is 0 Å². The summed E-state index contributed by atoms with van der Waals surface area (Å²) in [4.78, 5) is 40.9. The number of ether oxygens (including phenoxy) is 3. The van der Waals surface area contributed by atoms with Gasteiger partial charge in [0.15, 0.2) is 6.61 Å². The maximum atomic E-state index is 12.3. The van der Waals surface area contributed by atoms with Crippen molar-refractivity contribution in [2.45, 2.75) is 0 Å². The van der Waals surface area contributed by atoms with Gasteiger partial charge in [0.2, 0.25) is 0 Å². The monoisotopic (exact) mass is 371 g/mol. The highest BCUT2D eigenvalue weighted by molar-refractivity contribution is 5.99. The number of nitrogens with one attached hydrogen (secondary N) is 3. The van der Waals surface area contributed by atoms with Crippen molar-refractivity contribution < 1.29 is 23.8 Å². The Balaban J connectivity index is 1.66. The minimum atomic E-state index is -0.745. The van der Waals surface area contributed by atoms with Crippen molar-refractivity contribution in [2.24, 2.45) is 0 Å². The first-order chi connectivity index (χ1) is 13.0. The summed E-state index contributed by atoms with van der Waals surface area (Å²) in [5.41, 5.74) is 1.38. The fourth-order valence-corrected chi connectivity index (χ4v) is 2.56. The molecule has 0 radical (unpaired) electrons. The Morgan fingerprint density at radius 1 is 1.00 bits per heavy atom. The number of fused-ring (bicyclic) bond motifs is 1. The van der Waals surface area contributed by atoms with Crippen molar-refractivity contribution in [3.63, 3.8) is 0 Å². The predicted octanol–water partition coefficient (Wildman–Crippen LogP) is 1.67. The summed E-state index contributed by atoms with van der Waals surface area (Å²) in [5, 5.41) is 2.59. The number of methoxy groups -OCH3 is 2. The summed E-state index contributed by atoms with van der Waals surface area (Å²) in [7, 11) is 2.83. The van der Waals surface area contributed by atoms with E-state index >= 15 is 0 Å². The third-order valence-electron chi connectivity index (χ3n) is 3.77. The number of esters is 1. The highest BCUT2D eigenvalue weighted by Gasteiger charge is 2.20. The van der Waals surface area contributed by atoms with Gasteiger partial charge >= 0.3 is 11.7 Å². The lowest BCUT2D eigenvalue weighted by Crippen LogP contribution is -2.21. The molecular formula is C18H17N3O6. The number of hydrogen-bond donors (Lipinski definition) is 3. The van der Waals surface area contributed by atoms with Crippen molar-refractivity contribution in [1.82, 2.24) is 9.97 Å². The number of anilines is 1. The van der Waals surface area contributed by atoms with Gasteiger partial charge in [-0.25, -0.2) is 9.59 Å². The van der Waals surface area contributed by atoms with E-state index in [0.29, 0.717) is 16.7 Å². The number of aromatic nitrogens is 2. The Bertz CT molecular complexity index is 1030. The first-order valence-corrected chi connectivity index (χ1v) is 7.92. The van der Waals surface area contributed by atoms with E-state index in [2.05, 4.69) is 15.3 Å². The van der Waals surface area contributed by atoms with Crippen molar-refractivity contribution in [3.8, 4) is 11.5 Å². The normalized spacial score (nSPS) is 10.4. The Kier molecular flexibility index (Phi) is 5.11. The molecule has 3 aromatic rings. The molecule has 1 amide bonds. The average molecular weight is 371 g/mol. The molecule has 0 spiro atoms. The zero-order valence-electron chi connectivity index (χ0n) is 14.6. The molecule has 0 bridgehead atoms. The second kappa shape index (κ2) is 7.65. The third-order valence-corrected chi connectivity index (χ3v) is 3.77. The van der Waals surface area contributed by atoms with E-state index in [1.165, 1.54) is 14.2 Å². The zero-order chi connectivity index (χ0) is 19.4. The Labute approximate surface area is 153 Å². The molecule has 1 heterocycles. The van der Waals surface area contributed by atoms with E-state index in [1.807, 2.05) is 0 Å². The number of carbonyl (C=O) groups is 2. The van der Waals surface area contributed by atoms with Gasteiger partial charge in [-0.3, -0.25) is 4.79 Å². The molecule has 1 aromatic heterocycles. The summed E-state index contributed by atoms with van der Waals surface area (Å²) < 4.78 is 15.3. The van der Waals surface area contributed by atoms with Crippen LogP contribution in [0, 0.1) is 0 Å². The molecule has 0 aliphatic carbocycles.